The van der Waals surface area contributed by atoms with Crippen molar-refractivity contribution >= 4 is 34.0 Å². The first-order valence-corrected chi connectivity index (χ1v) is 9.78. The Morgan fingerprint density at radius 2 is 1.97 bits per heavy atom. The summed E-state index contributed by atoms with van der Waals surface area (Å²) < 4.78 is 5.34. The molecule has 30 heavy (non-hydrogen) atoms. The zero-order chi connectivity index (χ0) is 20.5. The van der Waals surface area contributed by atoms with Gasteiger partial charge in [-0.05, 0) is 66.6 Å². The first-order valence-electron chi connectivity index (χ1n) is 9.78. The minimum atomic E-state index is -0.160. The summed E-state index contributed by atoms with van der Waals surface area (Å²) in [7, 11) is 1.66. The van der Waals surface area contributed by atoms with Gasteiger partial charge in [-0.3, -0.25) is 9.78 Å². The van der Waals surface area contributed by atoms with Crippen LogP contribution in [0.15, 0.2) is 73.1 Å². The van der Waals surface area contributed by atoms with Crippen molar-refractivity contribution < 1.29 is 9.53 Å². The van der Waals surface area contributed by atoms with Crippen LogP contribution in [-0.4, -0.2) is 29.5 Å². The van der Waals surface area contributed by atoms with Crippen LogP contribution in [0.4, 0.5) is 17.2 Å². The fraction of sp³-hybridized carbons (Fsp3) is 0.125. The second-order valence-corrected chi connectivity index (χ2v) is 7.17. The molecule has 0 bridgehead atoms. The molecule has 2 aromatic heterocycles. The number of rotatable bonds is 4. The van der Waals surface area contributed by atoms with Gasteiger partial charge in [0.25, 0.3) is 5.91 Å². The monoisotopic (exact) mass is 396 g/mol. The molecule has 6 nitrogen and oxygen atoms in total. The quantitative estimate of drug-likeness (QED) is 0.547. The predicted octanol–water partition coefficient (Wildman–Crippen LogP) is 4.58. The van der Waals surface area contributed by atoms with Gasteiger partial charge in [-0.2, -0.15) is 0 Å². The van der Waals surface area contributed by atoms with E-state index in [-0.39, 0.29) is 5.91 Å². The summed E-state index contributed by atoms with van der Waals surface area (Å²) in [6.45, 7) is 0.858. The Hall–Kier alpha value is -3.93. The number of carbonyl (C=O) groups excluding carboxylic acids is 1. The van der Waals surface area contributed by atoms with Crippen LogP contribution in [0.5, 0.6) is 5.75 Å². The van der Waals surface area contributed by atoms with Crippen LogP contribution in [0.2, 0.25) is 0 Å². The molecule has 0 fully saturated rings. The molecular weight excluding hydrogens is 376 g/mol. The van der Waals surface area contributed by atoms with Crippen LogP contribution in [0.25, 0.3) is 10.9 Å². The summed E-state index contributed by atoms with van der Waals surface area (Å²) in [4.78, 5) is 23.6. The van der Waals surface area contributed by atoms with Crippen LogP contribution in [0, 0.1) is 0 Å². The maximum Gasteiger partial charge on any atom is 0.255 e. The van der Waals surface area contributed by atoms with Gasteiger partial charge in [0.05, 0.1) is 24.5 Å². The van der Waals surface area contributed by atoms with Crippen molar-refractivity contribution in [3.63, 3.8) is 0 Å². The highest BCUT2D eigenvalue weighted by atomic mass is 16.5. The lowest BCUT2D eigenvalue weighted by Crippen LogP contribution is -2.15. The van der Waals surface area contributed by atoms with Gasteiger partial charge in [-0.25, -0.2) is 4.98 Å². The highest BCUT2D eigenvalue weighted by molar-refractivity contribution is 6.04. The molecule has 0 saturated carbocycles. The molecule has 5 rings (SSSR count). The second kappa shape index (κ2) is 7.48. The molecule has 0 saturated heterocycles. The number of pyridine rings is 2. The van der Waals surface area contributed by atoms with E-state index in [2.05, 4.69) is 21.3 Å². The fourth-order valence-corrected chi connectivity index (χ4v) is 3.75. The molecule has 2 aromatic carbocycles. The van der Waals surface area contributed by atoms with Crippen LogP contribution in [0.3, 0.4) is 0 Å². The van der Waals surface area contributed by atoms with Gasteiger partial charge in [-0.15, -0.1) is 0 Å². The standard InChI is InChI=1S/C24H20N4O2/c1-30-21-9-6-17-13-18-10-12-28(23(18)27-22(17)14-21)20-7-4-16(5-8-20)24(29)26-19-3-2-11-25-15-19/h2-9,11,13-15H,10,12H2,1H3,(H,26,29). The number of fused-ring (bicyclic) bond motifs is 2. The minimum absolute atomic E-state index is 0.160. The molecule has 1 aliphatic heterocycles. The van der Waals surface area contributed by atoms with Gasteiger partial charge >= 0.3 is 0 Å². The summed E-state index contributed by atoms with van der Waals surface area (Å²) in [6, 6.07) is 19.4. The Balaban J connectivity index is 1.41. The normalized spacial score (nSPS) is 12.6. The van der Waals surface area contributed by atoms with Gasteiger partial charge < -0.3 is 15.0 Å². The topological polar surface area (TPSA) is 67.3 Å². The Morgan fingerprint density at radius 3 is 2.73 bits per heavy atom. The Morgan fingerprint density at radius 1 is 1.10 bits per heavy atom. The molecule has 148 valence electrons. The lowest BCUT2D eigenvalue weighted by molar-refractivity contribution is 0.102. The van der Waals surface area contributed by atoms with Gasteiger partial charge in [0.15, 0.2) is 0 Å². The van der Waals surface area contributed by atoms with Crippen molar-refractivity contribution in [2.45, 2.75) is 6.42 Å². The molecule has 6 heteroatoms. The lowest BCUT2D eigenvalue weighted by atomic mass is 10.1. The van der Waals surface area contributed by atoms with Crippen LogP contribution >= 0.6 is 0 Å². The molecule has 0 atom stereocenters. The largest absolute Gasteiger partial charge is 0.497 e. The first kappa shape index (κ1) is 18.1. The van der Waals surface area contributed by atoms with E-state index < -0.39 is 0 Å². The number of amides is 1. The molecule has 1 N–H and O–H groups in total. The van der Waals surface area contributed by atoms with Crippen molar-refractivity contribution in [1.82, 2.24) is 9.97 Å². The molecule has 0 unspecified atom stereocenters. The number of nitrogens with one attached hydrogen (secondary N) is 1. The molecule has 3 heterocycles. The second-order valence-electron chi connectivity index (χ2n) is 7.17. The number of ether oxygens (including phenoxy) is 1. The SMILES string of the molecule is COc1ccc2cc3c(nc2c1)N(c1ccc(C(=O)Nc2cccnc2)cc1)CC3. The van der Waals surface area contributed by atoms with E-state index in [1.54, 1.807) is 25.6 Å². The van der Waals surface area contributed by atoms with Gasteiger partial charge in [-0.1, -0.05) is 0 Å². The predicted molar refractivity (Wildman–Crippen MR) is 118 cm³/mol. The average molecular weight is 396 g/mol. The van der Waals surface area contributed by atoms with Crippen LogP contribution < -0.4 is 15.0 Å². The number of nitrogens with zero attached hydrogens (tertiary/aromatic N) is 3. The summed E-state index contributed by atoms with van der Waals surface area (Å²) in [6.07, 6.45) is 4.23. The van der Waals surface area contributed by atoms with E-state index in [1.807, 2.05) is 48.5 Å². The van der Waals surface area contributed by atoms with Gasteiger partial charge in [0, 0.05) is 35.4 Å². The molecular formula is C24H20N4O2. The molecule has 0 aliphatic carbocycles. The number of methoxy groups -OCH3 is 1. The molecule has 0 radical (unpaired) electrons. The summed E-state index contributed by atoms with van der Waals surface area (Å²) in [5.74, 6) is 1.60. The van der Waals surface area contributed by atoms with Crippen LogP contribution in [0.1, 0.15) is 15.9 Å². The third kappa shape index (κ3) is 3.33. The number of carbonyl (C=O) groups is 1. The number of anilines is 3. The highest BCUT2D eigenvalue weighted by Crippen LogP contribution is 2.35. The maximum absolute atomic E-state index is 12.5. The molecule has 0 spiro atoms. The Labute approximate surface area is 174 Å². The highest BCUT2D eigenvalue weighted by Gasteiger charge is 2.23. The maximum atomic E-state index is 12.5. The van der Waals surface area contributed by atoms with E-state index in [4.69, 9.17) is 9.72 Å². The van der Waals surface area contributed by atoms with E-state index in [0.717, 1.165) is 41.1 Å². The number of hydrogen-bond donors (Lipinski definition) is 1. The van der Waals surface area contributed by atoms with Crippen molar-refractivity contribution in [3.05, 3.63) is 84.2 Å². The van der Waals surface area contributed by atoms with E-state index in [1.165, 1.54) is 5.56 Å². The number of hydrogen-bond acceptors (Lipinski definition) is 5. The zero-order valence-corrected chi connectivity index (χ0v) is 16.5. The smallest absolute Gasteiger partial charge is 0.255 e. The van der Waals surface area contributed by atoms with Crippen molar-refractivity contribution in [3.8, 4) is 5.75 Å². The van der Waals surface area contributed by atoms with Gasteiger partial charge in [0.1, 0.15) is 11.6 Å². The van der Waals surface area contributed by atoms with Crippen molar-refractivity contribution in [2.24, 2.45) is 0 Å². The number of aromatic nitrogens is 2. The summed E-state index contributed by atoms with van der Waals surface area (Å²) in [5.41, 5.74) is 4.42. The Bertz CT molecular complexity index is 1220. The van der Waals surface area contributed by atoms with Crippen LogP contribution in [-0.2, 0) is 6.42 Å². The first-order chi connectivity index (χ1) is 14.7. The molecule has 1 amide bonds. The van der Waals surface area contributed by atoms with Crippen molar-refractivity contribution in [2.75, 3.05) is 23.9 Å². The third-order valence-electron chi connectivity index (χ3n) is 5.30. The molecule has 1 aliphatic rings. The molecule has 4 aromatic rings. The number of benzene rings is 2. The van der Waals surface area contributed by atoms with E-state index in [9.17, 15) is 4.79 Å². The summed E-state index contributed by atoms with van der Waals surface area (Å²) >= 11 is 0. The Kier molecular flexibility index (Phi) is 4.52. The van der Waals surface area contributed by atoms with Crippen molar-refractivity contribution in [1.29, 1.82) is 0 Å². The lowest BCUT2D eigenvalue weighted by Gasteiger charge is -2.19. The summed E-state index contributed by atoms with van der Waals surface area (Å²) in [5, 5.41) is 3.96. The fourth-order valence-electron chi connectivity index (χ4n) is 3.75. The average Bonchev–Trinajstić information content (AvgIpc) is 3.20. The van der Waals surface area contributed by atoms with E-state index in [0.29, 0.717) is 11.3 Å². The zero-order valence-electron chi connectivity index (χ0n) is 16.5. The third-order valence-corrected chi connectivity index (χ3v) is 5.30. The van der Waals surface area contributed by atoms with Gasteiger partial charge in [0.2, 0.25) is 0 Å². The van der Waals surface area contributed by atoms with E-state index >= 15 is 0 Å². The minimum Gasteiger partial charge on any atom is -0.497 e.